The first-order chi connectivity index (χ1) is 18.4. The number of likely N-dealkylation sites (tertiary alicyclic amines) is 1. The number of carbonyl (C=O) groups excluding carboxylic acids is 4. The van der Waals surface area contributed by atoms with E-state index in [-0.39, 0.29) is 53.9 Å². The lowest BCUT2D eigenvalue weighted by Crippen LogP contribution is -2.57. The molecule has 204 valence electrons. The summed E-state index contributed by atoms with van der Waals surface area (Å²) in [5.41, 5.74) is 1.93. The number of piperidine rings is 1. The molecule has 4 aliphatic heterocycles. The van der Waals surface area contributed by atoms with E-state index in [1.54, 1.807) is 19.1 Å². The van der Waals surface area contributed by atoms with Gasteiger partial charge in [-0.05, 0) is 48.7 Å². The minimum atomic E-state index is -2.79. The Labute approximate surface area is 226 Å². The van der Waals surface area contributed by atoms with E-state index in [0.29, 0.717) is 16.7 Å². The van der Waals surface area contributed by atoms with Crippen molar-refractivity contribution in [2.45, 2.75) is 50.4 Å². The molecule has 3 atom stereocenters. The van der Waals surface area contributed by atoms with Gasteiger partial charge in [-0.25, -0.2) is 13.2 Å². The summed E-state index contributed by atoms with van der Waals surface area (Å²) >= 11 is 5.98. The number of nitrogens with one attached hydrogen (secondary N) is 1. The highest BCUT2D eigenvalue weighted by atomic mass is 35.5. The molecule has 2 aromatic carbocycles. The molecule has 0 unspecified atom stereocenters. The van der Waals surface area contributed by atoms with E-state index in [4.69, 9.17) is 11.6 Å². The highest BCUT2D eigenvalue weighted by Gasteiger charge is 2.47. The van der Waals surface area contributed by atoms with Gasteiger partial charge in [0.25, 0.3) is 17.7 Å². The predicted molar refractivity (Wildman–Crippen MR) is 133 cm³/mol. The summed E-state index contributed by atoms with van der Waals surface area (Å²) in [6.45, 7) is 0.900. The van der Waals surface area contributed by atoms with Crippen LogP contribution in [0.25, 0.3) is 0 Å². The number of rotatable bonds is 4. The fourth-order valence-electron chi connectivity index (χ4n) is 6.15. The summed E-state index contributed by atoms with van der Waals surface area (Å²) in [6, 6.07) is 5.63. The molecule has 0 bridgehead atoms. The topological polar surface area (TPSA) is 90.0 Å². The van der Waals surface area contributed by atoms with E-state index < -0.39 is 54.8 Å². The number of imide groups is 1. The van der Waals surface area contributed by atoms with Gasteiger partial charge in [-0.15, -0.1) is 0 Å². The van der Waals surface area contributed by atoms with E-state index in [9.17, 15) is 32.3 Å². The Balaban J connectivity index is 1.29. The fourth-order valence-corrected chi connectivity index (χ4v) is 6.32. The minimum absolute atomic E-state index is 0.0799. The SMILES string of the molecule is C[C@@H]1c2cc(C(=O)N3Cc4c(ccc(Cl)c4F)[C@@H]3CN3CC(F)(F)C3)ccc2C(=O)N1[C@H]1CCC(=O)NC1=O. The molecule has 12 heteroatoms. The van der Waals surface area contributed by atoms with Crippen molar-refractivity contribution in [2.75, 3.05) is 19.6 Å². The van der Waals surface area contributed by atoms with Crippen LogP contribution in [-0.2, 0) is 16.1 Å². The van der Waals surface area contributed by atoms with Gasteiger partial charge < -0.3 is 9.80 Å². The maximum Gasteiger partial charge on any atom is 0.272 e. The van der Waals surface area contributed by atoms with Crippen LogP contribution in [0.3, 0.4) is 0 Å². The largest absolute Gasteiger partial charge is 0.326 e. The zero-order valence-corrected chi connectivity index (χ0v) is 21.6. The van der Waals surface area contributed by atoms with E-state index in [2.05, 4.69) is 5.32 Å². The zero-order valence-electron chi connectivity index (χ0n) is 20.8. The van der Waals surface area contributed by atoms with Crippen LogP contribution in [0.2, 0.25) is 5.02 Å². The van der Waals surface area contributed by atoms with Crippen LogP contribution in [-0.4, -0.2) is 69.9 Å². The molecular weight excluding hydrogens is 537 g/mol. The number of nitrogens with zero attached hydrogens (tertiary/aromatic N) is 3. The number of carbonyl (C=O) groups is 4. The number of hydrogen-bond donors (Lipinski definition) is 1. The average Bonchev–Trinajstić information content (AvgIpc) is 3.35. The number of alkyl halides is 2. The van der Waals surface area contributed by atoms with E-state index >= 15 is 0 Å². The van der Waals surface area contributed by atoms with Crippen LogP contribution in [0.5, 0.6) is 0 Å². The molecular formula is C27H24ClF3N4O4. The average molecular weight is 561 g/mol. The number of amides is 4. The first kappa shape index (κ1) is 25.8. The Morgan fingerprint density at radius 2 is 1.87 bits per heavy atom. The zero-order chi connectivity index (χ0) is 27.8. The van der Waals surface area contributed by atoms with Gasteiger partial charge >= 0.3 is 0 Å². The Morgan fingerprint density at radius 3 is 2.56 bits per heavy atom. The molecule has 0 saturated carbocycles. The highest BCUT2D eigenvalue weighted by molar-refractivity contribution is 6.30. The number of fused-ring (bicyclic) bond motifs is 2. The maximum absolute atomic E-state index is 14.9. The van der Waals surface area contributed by atoms with Crippen molar-refractivity contribution in [3.63, 3.8) is 0 Å². The van der Waals surface area contributed by atoms with Crippen LogP contribution >= 0.6 is 11.6 Å². The second-order valence-corrected chi connectivity index (χ2v) is 11.0. The monoisotopic (exact) mass is 560 g/mol. The first-order valence-electron chi connectivity index (χ1n) is 12.6. The first-order valence-corrected chi connectivity index (χ1v) is 13.0. The number of benzene rings is 2. The molecule has 2 saturated heterocycles. The minimum Gasteiger partial charge on any atom is -0.326 e. The summed E-state index contributed by atoms with van der Waals surface area (Å²) in [6.07, 6.45) is 0.325. The lowest BCUT2D eigenvalue weighted by Gasteiger charge is -2.41. The molecule has 0 spiro atoms. The van der Waals surface area contributed by atoms with Crippen molar-refractivity contribution in [2.24, 2.45) is 0 Å². The smallest absolute Gasteiger partial charge is 0.272 e. The molecule has 0 aromatic heterocycles. The molecule has 2 aromatic rings. The van der Waals surface area contributed by atoms with Gasteiger partial charge in [0.2, 0.25) is 11.8 Å². The van der Waals surface area contributed by atoms with Gasteiger partial charge in [-0.1, -0.05) is 17.7 Å². The summed E-state index contributed by atoms with van der Waals surface area (Å²) in [5.74, 6) is -5.17. The second-order valence-electron chi connectivity index (χ2n) is 10.6. The molecule has 2 fully saturated rings. The summed E-state index contributed by atoms with van der Waals surface area (Å²) in [5, 5.41) is 2.18. The Morgan fingerprint density at radius 1 is 1.13 bits per heavy atom. The third kappa shape index (κ3) is 4.19. The normalized spacial score (nSPS) is 25.9. The Hall–Kier alpha value is -3.44. The summed E-state index contributed by atoms with van der Waals surface area (Å²) < 4.78 is 42.0. The third-order valence-electron chi connectivity index (χ3n) is 8.07. The Bertz CT molecular complexity index is 1440. The van der Waals surface area contributed by atoms with Crippen LogP contribution in [0, 0.1) is 5.82 Å². The highest BCUT2D eigenvalue weighted by Crippen LogP contribution is 2.42. The molecule has 8 nitrogen and oxygen atoms in total. The van der Waals surface area contributed by atoms with Crippen LogP contribution in [0.4, 0.5) is 13.2 Å². The molecule has 0 radical (unpaired) electrons. The van der Waals surface area contributed by atoms with Crippen molar-refractivity contribution in [1.29, 1.82) is 0 Å². The molecule has 1 N–H and O–H groups in total. The van der Waals surface area contributed by atoms with E-state index in [1.165, 1.54) is 32.9 Å². The van der Waals surface area contributed by atoms with E-state index in [1.807, 2.05) is 0 Å². The number of hydrogen-bond acceptors (Lipinski definition) is 5. The van der Waals surface area contributed by atoms with Gasteiger partial charge in [0.05, 0.1) is 30.2 Å². The van der Waals surface area contributed by atoms with Crippen LogP contribution < -0.4 is 5.32 Å². The van der Waals surface area contributed by atoms with Crippen LogP contribution in [0.1, 0.15) is 69.3 Å². The molecule has 6 rings (SSSR count). The quantitative estimate of drug-likeness (QED) is 0.579. The second kappa shape index (κ2) is 9.06. The van der Waals surface area contributed by atoms with E-state index in [0.717, 1.165) is 0 Å². The standard InChI is InChI=1S/C27H24ClF3N4O4/c1-13-17-8-14(2-3-16(17)26(39)35(13)20-6-7-22(36)32-24(20)37)25(38)34-9-18-15(4-5-19(28)23(18)29)21(34)10-33-11-27(30,31)12-33/h2-5,8,13,20-21H,6-7,9-12H2,1H3,(H,32,36,37)/t13-,20+,21+/m1/s1. The predicted octanol–water partition coefficient (Wildman–Crippen LogP) is 3.45. The molecule has 39 heavy (non-hydrogen) atoms. The van der Waals surface area contributed by atoms with Gasteiger partial charge in [-0.2, -0.15) is 0 Å². The van der Waals surface area contributed by atoms with Gasteiger partial charge in [0.1, 0.15) is 11.9 Å². The summed E-state index contributed by atoms with van der Waals surface area (Å²) in [4.78, 5) is 55.4. The Kier molecular flexibility index (Phi) is 5.99. The fraction of sp³-hybridized carbons (Fsp3) is 0.407. The van der Waals surface area contributed by atoms with Crippen molar-refractivity contribution >= 4 is 35.2 Å². The van der Waals surface area contributed by atoms with Crippen molar-refractivity contribution in [1.82, 2.24) is 20.0 Å². The molecule has 0 aliphatic carbocycles. The van der Waals surface area contributed by atoms with Gasteiger partial charge in [-0.3, -0.25) is 29.4 Å². The summed E-state index contributed by atoms with van der Waals surface area (Å²) in [7, 11) is 0. The van der Waals surface area contributed by atoms with Gasteiger partial charge in [0, 0.05) is 36.2 Å². The third-order valence-corrected chi connectivity index (χ3v) is 8.37. The van der Waals surface area contributed by atoms with Crippen molar-refractivity contribution in [3.8, 4) is 0 Å². The number of halogens is 4. The lowest BCUT2D eigenvalue weighted by molar-refractivity contribution is -0.137. The maximum atomic E-state index is 14.9. The van der Waals surface area contributed by atoms with Crippen molar-refractivity contribution in [3.05, 3.63) is 69.0 Å². The molecule has 4 amide bonds. The van der Waals surface area contributed by atoms with Gasteiger partial charge in [0.15, 0.2) is 0 Å². The van der Waals surface area contributed by atoms with Crippen molar-refractivity contribution < 1.29 is 32.3 Å². The van der Waals surface area contributed by atoms with Crippen LogP contribution in [0.15, 0.2) is 30.3 Å². The molecule has 4 heterocycles. The molecule has 4 aliphatic rings. The lowest BCUT2D eigenvalue weighted by atomic mass is 9.99.